The summed E-state index contributed by atoms with van der Waals surface area (Å²) in [5.74, 6) is 0. The quantitative estimate of drug-likeness (QED) is 0.570. The predicted molar refractivity (Wildman–Crippen MR) is 49.8 cm³/mol. The molecular formula is C6H3Cl2NO2S. The Labute approximate surface area is 82.3 Å². The average molecular weight is 224 g/mol. The van der Waals surface area contributed by atoms with Crippen LogP contribution >= 0.6 is 33.3 Å². The topological polar surface area (TPSA) is 43.1 Å². The van der Waals surface area contributed by atoms with Crippen LogP contribution in [0.15, 0.2) is 23.1 Å². The van der Waals surface area contributed by atoms with E-state index in [4.69, 9.17) is 22.3 Å². The summed E-state index contributed by atoms with van der Waals surface area (Å²) in [5.41, 5.74) is -0.0671. The average Bonchev–Trinajstić information content (AvgIpc) is 2.04. The lowest BCUT2D eigenvalue weighted by Crippen LogP contribution is -1.89. The monoisotopic (exact) mass is 223 g/mol. The van der Waals surface area contributed by atoms with Gasteiger partial charge in [-0.25, -0.2) is 0 Å². The van der Waals surface area contributed by atoms with Crippen LogP contribution in [0.5, 0.6) is 0 Å². The maximum atomic E-state index is 10.4. The van der Waals surface area contributed by atoms with E-state index in [1.807, 2.05) is 0 Å². The first-order valence-corrected chi connectivity index (χ1v) is 4.89. The van der Waals surface area contributed by atoms with Gasteiger partial charge in [-0.3, -0.25) is 10.1 Å². The third kappa shape index (κ3) is 2.03. The lowest BCUT2D eigenvalue weighted by molar-refractivity contribution is -0.387. The Morgan fingerprint density at radius 1 is 1.50 bits per heavy atom. The molecule has 0 N–H and O–H groups in total. The fraction of sp³-hybridized carbons (Fsp3) is 0. The van der Waals surface area contributed by atoms with E-state index in [0.29, 0.717) is 9.92 Å². The first kappa shape index (κ1) is 9.64. The molecule has 64 valence electrons. The predicted octanol–water partition coefficient (Wildman–Crippen LogP) is 3.49. The zero-order chi connectivity index (χ0) is 9.14. The molecule has 0 aromatic heterocycles. The molecule has 0 saturated heterocycles. The zero-order valence-electron chi connectivity index (χ0n) is 5.66. The van der Waals surface area contributed by atoms with Gasteiger partial charge in [-0.15, -0.1) is 0 Å². The van der Waals surface area contributed by atoms with E-state index in [1.165, 1.54) is 12.1 Å². The van der Waals surface area contributed by atoms with Crippen molar-refractivity contribution < 1.29 is 4.92 Å². The fourth-order valence-corrected chi connectivity index (χ4v) is 1.59. The number of hydrogen-bond acceptors (Lipinski definition) is 3. The van der Waals surface area contributed by atoms with Gasteiger partial charge in [-0.05, 0) is 33.8 Å². The Bertz CT molecular complexity index is 318. The minimum absolute atomic E-state index is 0.0671. The summed E-state index contributed by atoms with van der Waals surface area (Å²) in [6, 6.07) is 4.34. The summed E-state index contributed by atoms with van der Waals surface area (Å²) in [7, 11) is 6.20. The normalized spacial score (nSPS) is 9.83. The van der Waals surface area contributed by atoms with Gasteiger partial charge in [0, 0.05) is 11.1 Å². The van der Waals surface area contributed by atoms with Crippen molar-refractivity contribution in [2.24, 2.45) is 0 Å². The number of halogens is 2. The molecule has 6 heteroatoms. The third-order valence-electron chi connectivity index (χ3n) is 1.20. The Balaban J connectivity index is 3.21. The van der Waals surface area contributed by atoms with Crippen molar-refractivity contribution in [3.05, 3.63) is 33.3 Å². The number of nitro benzene ring substituents is 1. The summed E-state index contributed by atoms with van der Waals surface area (Å²) >= 11 is 5.56. The van der Waals surface area contributed by atoms with Gasteiger partial charge in [-0.1, -0.05) is 11.6 Å². The Morgan fingerprint density at radius 2 is 2.17 bits per heavy atom. The SMILES string of the molecule is O=[N+]([O-])c1cc(Cl)ccc1SCl. The van der Waals surface area contributed by atoms with Gasteiger partial charge in [0.1, 0.15) is 4.90 Å². The molecule has 0 amide bonds. The van der Waals surface area contributed by atoms with E-state index in [2.05, 4.69) is 0 Å². The van der Waals surface area contributed by atoms with Crippen LogP contribution in [0.2, 0.25) is 5.02 Å². The second-order valence-electron chi connectivity index (χ2n) is 1.95. The molecule has 0 saturated carbocycles. The second-order valence-corrected chi connectivity index (χ2v) is 3.44. The fourth-order valence-electron chi connectivity index (χ4n) is 0.698. The Morgan fingerprint density at radius 3 is 2.67 bits per heavy atom. The molecule has 1 rings (SSSR count). The molecule has 0 heterocycles. The van der Waals surface area contributed by atoms with Gasteiger partial charge < -0.3 is 0 Å². The third-order valence-corrected chi connectivity index (χ3v) is 2.45. The highest BCUT2D eigenvalue weighted by atomic mass is 35.7. The maximum absolute atomic E-state index is 10.4. The van der Waals surface area contributed by atoms with Crippen LogP contribution in [0.1, 0.15) is 0 Å². The molecule has 0 aliphatic rings. The lowest BCUT2D eigenvalue weighted by Gasteiger charge is -1.96. The molecule has 12 heavy (non-hydrogen) atoms. The van der Waals surface area contributed by atoms with Crippen molar-refractivity contribution in [2.75, 3.05) is 0 Å². The van der Waals surface area contributed by atoms with Crippen LogP contribution in [0.25, 0.3) is 0 Å². The van der Waals surface area contributed by atoms with Crippen molar-refractivity contribution in [2.45, 2.75) is 4.90 Å². The van der Waals surface area contributed by atoms with Crippen LogP contribution in [0.4, 0.5) is 5.69 Å². The van der Waals surface area contributed by atoms with Crippen molar-refractivity contribution in [3.8, 4) is 0 Å². The van der Waals surface area contributed by atoms with E-state index >= 15 is 0 Å². The number of rotatable bonds is 2. The van der Waals surface area contributed by atoms with Gasteiger partial charge in [0.2, 0.25) is 0 Å². The highest BCUT2D eigenvalue weighted by Gasteiger charge is 2.13. The molecule has 3 nitrogen and oxygen atoms in total. The van der Waals surface area contributed by atoms with Gasteiger partial charge in [0.05, 0.1) is 4.92 Å². The molecule has 0 bridgehead atoms. The zero-order valence-corrected chi connectivity index (χ0v) is 7.99. The van der Waals surface area contributed by atoms with Crippen LogP contribution in [0.3, 0.4) is 0 Å². The largest absolute Gasteiger partial charge is 0.285 e. The first-order chi connectivity index (χ1) is 5.65. The molecule has 1 aromatic rings. The first-order valence-electron chi connectivity index (χ1n) is 2.87. The Hall–Kier alpha value is -0.450. The number of nitro groups is 1. The molecule has 0 fully saturated rings. The smallest absolute Gasteiger partial charge is 0.258 e. The minimum Gasteiger partial charge on any atom is -0.258 e. The highest BCUT2D eigenvalue weighted by Crippen LogP contribution is 2.33. The van der Waals surface area contributed by atoms with E-state index in [9.17, 15) is 10.1 Å². The van der Waals surface area contributed by atoms with Gasteiger partial charge >= 0.3 is 0 Å². The molecule has 0 radical (unpaired) electrons. The highest BCUT2D eigenvalue weighted by molar-refractivity contribution is 8.21. The van der Waals surface area contributed by atoms with Gasteiger partial charge in [-0.2, -0.15) is 0 Å². The second kappa shape index (κ2) is 3.98. The molecular weight excluding hydrogens is 221 g/mol. The maximum Gasteiger partial charge on any atom is 0.285 e. The van der Waals surface area contributed by atoms with Crippen molar-refractivity contribution in [1.29, 1.82) is 0 Å². The summed E-state index contributed by atoms with van der Waals surface area (Å²) in [4.78, 5) is 10.3. The molecule has 0 aliphatic heterocycles. The van der Waals surface area contributed by atoms with Crippen LogP contribution in [-0.4, -0.2) is 4.92 Å². The minimum atomic E-state index is -0.517. The molecule has 0 atom stereocenters. The van der Waals surface area contributed by atoms with Crippen molar-refractivity contribution in [1.82, 2.24) is 0 Å². The molecule has 0 spiro atoms. The van der Waals surface area contributed by atoms with Crippen molar-refractivity contribution in [3.63, 3.8) is 0 Å². The standard InChI is InChI=1S/C6H3Cl2NO2S/c7-4-1-2-6(12-8)5(3-4)9(10)11/h1-3H. The van der Waals surface area contributed by atoms with Gasteiger partial charge in [0.15, 0.2) is 0 Å². The number of benzene rings is 1. The van der Waals surface area contributed by atoms with Crippen LogP contribution < -0.4 is 0 Å². The van der Waals surface area contributed by atoms with Crippen LogP contribution in [0, 0.1) is 10.1 Å². The summed E-state index contributed by atoms with van der Waals surface area (Å²) in [6.07, 6.45) is 0. The van der Waals surface area contributed by atoms with Crippen molar-refractivity contribution >= 4 is 38.9 Å². The summed E-state index contributed by atoms with van der Waals surface area (Å²) in [5, 5.41) is 10.7. The summed E-state index contributed by atoms with van der Waals surface area (Å²) < 4.78 is 0. The van der Waals surface area contributed by atoms with E-state index < -0.39 is 4.92 Å². The molecule has 0 unspecified atom stereocenters. The van der Waals surface area contributed by atoms with E-state index in [-0.39, 0.29) is 5.69 Å². The van der Waals surface area contributed by atoms with E-state index in [0.717, 1.165) is 11.0 Å². The number of nitrogens with zero attached hydrogens (tertiary/aromatic N) is 1. The summed E-state index contributed by atoms with van der Waals surface area (Å²) in [6.45, 7) is 0. The van der Waals surface area contributed by atoms with E-state index in [1.54, 1.807) is 6.07 Å². The molecule has 1 aromatic carbocycles. The Kier molecular flexibility index (Phi) is 3.20. The van der Waals surface area contributed by atoms with Crippen LogP contribution in [-0.2, 0) is 0 Å². The lowest BCUT2D eigenvalue weighted by atomic mass is 10.3. The van der Waals surface area contributed by atoms with Gasteiger partial charge in [0.25, 0.3) is 5.69 Å². The number of hydrogen-bond donors (Lipinski definition) is 0. The molecule has 0 aliphatic carbocycles.